The maximum Gasteiger partial charge on any atom is 0.417 e. The summed E-state index contributed by atoms with van der Waals surface area (Å²) in [6.45, 7) is 1.76. The molecular weight excluding hydrogens is 383 g/mol. The zero-order valence-electron chi connectivity index (χ0n) is 15.2. The zero-order chi connectivity index (χ0) is 20.5. The largest absolute Gasteiger partial charge is 0.462 e. The number of hydrogen-bond donors (Lipinski definition) is 0. The highest BCUT2D eigenvalue weighted by atomic mass is 19.4. The Bertz CT molecular complexity index is 882. The standard InChI is InChI=1S/C19H19F5N2O2/c1-2-28-17(27)13-11-12-14(19(22,23)24)5-3-6-15(12)25-16(13)26-9-4-7-18(20,21)8-10-26/h3,5-6,11H,2,4,7-10H2,1H3. The van der Waals surface area contributed by atoms with E-state index >= 15 is 0 Å². The van der Waals surface area contributed by atoms with Crippen LogP contribution in [0, 0.1) is 0 Å². The molecule has 2 aromatic rings. The SMILES string of the molecule is CCOC(=O)c1cc2c(C(F)(F)F)cccc2nc1N1CCCC(F)(F)CC1. The van der Waals surface area contributed by atoms with Crippen LogP contribution in [-0.2, 0) is 10.9 Å². The number of esters is 1. The number of carbonyl (C=O) groups is 1. The normalized spacial score (nSPS) is 17.4. The average Bonchev–Trinajstić information content (AvgIpc) is 2.80. The molecule has 1 saturated heterocycles. The number of pyridine rings is 1. The summed E-state index contributed by atoms with van der Waals surface area (Å²) in [5.74, 6) is -3.58. The fourth-order valence-corrected chi connectivity index (χ4v) is 3.31. The lowest BCUT2D eigenvalue weighted by molar-refractivity contribution is -0.136. The van der Waals surface area contributed by atoms with Gasteiger partial charge in [0, 0.05) is 31.3 Å². The van der Waals surface area contributed by atoms with Crippen LogP contribution in [0.5, 0.6) is 0 Å². The molecule has 0 N–H and O–H groups in total. The Balaban J connectivity index is 2.15. The summed E-state index contributed by atoms with van der Waals surface area (Å²) in [6, 6.07) is 4.63. The number of fused-ring (bicyclic) bond motifs is 1. The Morgan fingerprint density at radius 3 is 2.68 bits per heavy atom. The number of anilines is 1. The van der Waals surface area contributed by atoms with E-state index in [4.69, 9.17) is 4.74 Å². The first-order chi connectivity index (χ1) is 13.1. The van der Waals surface area contributed by atoms with E-state index in [-0.39, 0.29) is 54.8 Å². The highest BCUT2D eigenvalue weighted by Gasteiger charge is 2.35. The van der Waals surface area contributed by atoms with Gasteiger partial charge in [0.2, 0.25) is 5.92 Å². The van der Waals surface area contributed by atoms with Gasteiger partial charge in [-0.15, -0.1) is 0 Å². The van der Waals surface area contributed by atoms with Crippen molar-refractivity contribution in [1.82, 2.24) is 4.98 Å². The first-order valence-corrected chi connectivity index (χ1v) is 8.93. The van der Waals surface area contributed by atoms with E-state index in [9.17, 15) is 26.7 Å². The number of carbonyl (C=O) groups excluding carboxylic acids is 1. The lowest BCUT2D eigenvalue weighted by Gasteiger charge is -2.24. The van der Waals surface area contributed by atoms with Crippen molar-refractivity contribution in [2.75, 3.05) is 24.6 Å². The summed E-state index contributed by atoms with van der Waals surface area (Å²) in [7, 11) is 0. The number of ether oxygens (including phenoxy) is 1. The number of hydrogen-bond acceptors (Lipinski definition) is 4. The summed E-state index contributed by atoms with van der Waals surface area (Å²) in [5.41, 5.74) is -1.04. The van der Waals surface area contributed by atoms with Crippen molar-refractivity contribution in [3.05, 3.63) is 35.4 Å². The Labute approximate surface area is 158 Å². The molecule has 0 atom stereocenters. The third-order valence-electron chi connectivity index (χ3n) is 4.66. The van der Waals surface area contributed by atoms with Crippen molar-refractivity contribution >= 4 is 22.7 Å². The highest BCUT2D eigenvalue weighted by Crippen LogP contribution is 2.37. The number of aromatic nitrogens is 1. The van der Waals surface area contributed by atoms with Crippen molar-refractivity contribution in [2.24, 2.45) is 0 Å². The van der Waals surface area contributed by atoms with Gasteiger partial charge in [-0.1, -0.05) is 6.07 Å². The minimum atomic E-state index is -4.63. The first-order valence-electron chi connectivity index (χ1n) is 8.93. The predicted octanol–water partition coefficient (Wildman–Crippen LogP) is 5.06. The van der Waals surface area contributed by atoms with Crippen molar-refractivity contribution in [3.8, 4) is 0 Å². The van der Waals surface area contributed by atoms with Crippen molar-refractivity contribution in [3.63, 3.8) is 0 Å². The number of nitrogens with zero attached hydrogens (tertiary/aromatic N) is 2. The number of rotatable bonds is 3. The van der Waals surface area contributed by atoms with Gasteiger partial charge < -0.3 is 9.64 Å². The summed E-state index contributed by atoms with van der Waals surface area (Å²) >= 11 is 0. The molecule has 28 heavy (non-hydrogen) atoms. The molecule has 1 aliphatic rings. The molecule has 9 heteroatoms. The Kier molecular flexibility index (Phi) is 5.45. The molecule has 0 saturated carbocycles. The van der Waals surface area contributed by atoms with Crippen molar-refractivity contribution in [1.29, 1.82) is 0 Å². The van der Waals surface area contributed by atoms with E-state index in [0.29, 0.717) is 0 Å². The Morgan fingerprint density at radius 2 is 2.00 bits per heavy atom. The van der Waals surface area contributed by atoms with Gasteiger partial charge in [-0.25, -0.2) is 18.6 Å². The van der Waals surface area contributed by atoms with Gasteiger partial charge in [-0.3, -0.25) is 0 Å². The molecule has 1 aliphatic heterocycles. The summed E-state index contributed by atoms with van der Waals surface area (Å²) in [4.78, 5) is 18.2. The number of alkyl halides is 5. The molecule has 0 unspecified atom stereocenters. The van der Waals surface area contributed by atoms with E-state index in [1.807, 2.05) is 0 Å². The molecule has 1 aromatic carbocycles. The molecule has 0 radical (unpaired) electrons. The predicted molar refractivity (Wildman–Crippen MR) is 93.7 cm³/mol. The van der Waals surface area contributed by atoms with Crippen molar-refractivity contribution in [2.45, 2.75) is 38.3 Å². The quantitative estimate of drug-likeness (QED) is 0.532. The van der Waals surface area contributed by atoms with Crippen LogP contribution in [0.25, 0.3) is 10.9 Å². The molecule has 1 aromatic heterocycles. The third-order valence-corrected chi connectivity index (χ3v) is 4.66. The summed E-state index contributed by atoms with van der Waals surface area (Å²) < 4.78 is 72.5. The first kappa shape index (κ1) is 20.3. The van der Waals surface area contributed by atoms with Crippen molar-refractivity contribution < 1.29 is 31.5 Å². The van der Waals surface area contributed by atoms with E-state index in [1.165, 1.54) is 17.0 Å². The minimum absolute atomic E-state index is 0.0231. The van der Waals surface area contributed by atoms with Crippen LogP contribution in [0.1, 0.15) is 42.1 Å². The minimum Gasteiger partial charge on any atom is -0.462 e. The molecule has 0 spiro atoms. The molecule has 0 aliphatic carbocycles. The number of halogens is 5. The second-order valence-corrected chi connectivity index (χ2v) is 6.65. The molecular formula is C19H19F5N2O2. The molecule has 1 fully saturated rings. The lowest BCUT2D eigenvalue weighted by atomic mass is 10.0. The molecule has 4 nitrogen and oxygen atoms in total. The van der Waals surface area contributed by atoms with Crippen LogP contribution in [-0.4, -0.2) is 36.6 Å². The van der Waals surface area contributed by atoms with Gasteiger partial charge in [0.15, 0.2) is 0 Å². The van der Waals surface area contributed by atoms with Gasteiger partial charge in [0.1, 0.15) is 11.4 Å². The Morgan fingerprint density at radius 1 is 1.25 bits per heavy atom. The second-order valence-electron chi connectivity index (χ2n) is 6.65. The van der Waals surface area contributed by atoms with Gasteiger partial charge in [0.25, 0.3) is 0 Å². The molecule has 3 rings (SSSR count). The fraction of sp³-hybridized carbons (Fsp3) is 0.474. The maximum atomic E-state index is 13.7. The molecule has 152 valence electrons. The van der Waals surface area contributed by atoms with Crippen LogP contribution in [0.4, 0.5) is 27.8 Å². The smallest absolute Gasteiger partial charge is 0.417 e. The molecule has 2 heterocycles. The highest BCUT2D eigenvalue weighted by molar-refractivity contribution is 6.00. The van der Waals surface area contributed by atoms with E-state index in [2.05, 4.69) is 4.98 Å². The van der Waals surface area contributed by atoms with Crippen LogP contribution in [0.15, 0.2) is 24.3 Å². The third kappa shape index (κ3) is 4.18. The van der Waals surface area contributed by atoms with E-state index in [1.54, 1.807) is 6.92 Å². The zero-order valence-corrected chi connectivity index (χ0v) is 15.2. The molecule has 0 amide bonds. The van der Waals surface area contributed by atoms with Crippen LogP contribution in [0.3, 0.4) is 0 Å². The molecule has 0 bridgehead atoms. The maximum absolute atomic E-state index is 13.7. The monoisotopic (exact) mass is 402 g/mol. The topological polar surface area (TPSA) is 42.4 Å². The lowest BCUT2D eigenvalue weighted by Crippen LogP contribution is -2.29. The van der Waals surface area contributed by atoms with Crippen LogP contribution in [0.2, 0.25) is 0 Å². The number of benzene rings is 1. The van der Waals surface area contributed by atoms with Gasteiger partial charge >= 0.3 is 12.1 Å². The Hall–Kier alpha value is -2.45. The second kappa shape index (κ2) is 7.52. The fourth-order valence-electron chi connectivity index (χ4n) is 3.31. The van der Waals surface area contributed by atoms with E-state index in [0.717, 1.165) is 12.1 Å². The van der Waals surface area contributed by atoms with Crippen LogP contribution < -0.4 is 4.90 Å². The summed E-state index contributed by atoms with van der Waals surface area (Å²) in [6.07, 6.45) is -5.15. The van der Waals surface area contributed by atoms with Crippen LogP contribution >= 0.6 is 0 Å². The average molecular weight is 402 g/mol. The summed E-state index contributed by atoms with van der Waals surface area (Å²) in [5, 5.41) is -0.234. The van der Waals surface area contributed by atoms with E-state index < -0.39 is 30.1 Å². The van der Waals surface area contributed by atoms with Gasteiger partial charge in [-0.05, 0) is 31.5 Å². The van der Waals surface area contributed by atoms with Gasteiger partial charge in [-0.2, -0.15) is 13.2 Å². The van der Waals surface area contributed by atoms with Gasteiger partial charge in [0.05, 0.1) is 17.7 Å².